The van der Waals surface area contributed by atoms with Crippen molar-refractivity contribution in [3.05, 3.63) is 125 Å². The minimum Gasteiger partial charge on any atom is -0.491 e. The fourth-order valence-electron chi connectivity index (χ4n) is 11.7. The van der Waals surface area contributed by atoms with E-state index in [-0.39, 0.29) is 65.1 Å². The second-order valence-electron chi connectivity index (χ2n) is 23.0. The Kier molecular flexibility index (Phi) is 15.3. The van der Waals surface area contributed by atoms with Gasteiger partial charge in [0.15, 0.2) is 12.2 Å². The summed E-state index contributed by atoms with van der Waals surface area (Å²) in [6.45, 7) is 17.9. The summed E-state index contributed by atoms with van der Waals surface area (Å²) in [5.74, 6) is 3.73. The molecule has 10 rings (SSSR count). The van der Waals surface area contributed by atoms with Gasteiger partial charge in [-0.15, -0.1) is 0 Å². The molecule has 0 aromatic heterocycles. The van der Waals surface area contributed by atoms with Gasteiger partial charge in [-0.25, -0.2) is 9.59 Å². The van der Waals surface area contributed by atoms with Crippen LogP contribution in [0.2, 0.25) is 0 Å². The van der Waals surface area contributed by atoms with E-state index in [9.17, 15) is 9.59 Å². The molecule has 4 saturated heterocycles. The molecule has 12 nitrogen and oxygen atoms in total. The van der Waals surface area contributed by atoms with Crippen LogP contribution in [0.5, 0.6) is 17.2 Å². The Labute approximate surface area is 433 Å². The zero-order valence-electron chi connectivity index (χ0n) is 44.1. The summed E-state index contributed by atoms with van der Waals surface area (Å²) in [6.07, 6.45) is 10.1. The van der Waals surface area contributed by atoms with E-state index in [4.69, 9.17) is 37.9 Å². The van der Waals surface area contributed by atoms with Crippen molar-refractivity contribution in [3.63, 3.8) is 0 Å². The SMILES string of the molecule is CCC(C)(OCC1CO1)c1ccc(C(C)(C)c2ccc(OCC3CN(C4CCC(CC5CCC(N6CC(COc7ccc(C(C)(C)c8ccc(OCC9CO9)cc8)cc7)OC6=O)CC5)CC4)C(=O)O3)cc2)cc1. The average molecular weight is 999 g/mol. The number of hydrogen-bond donors (Lipinski definition) is 0. The van der Waals surface area contributed by atoms with Crippen molar-refractivity contribution in [2.45, 2.75) is 159 Å². The van der Waals surface area contributed by atoms with Gasteiger partial charge in [0.2, 0.25) is 0 Å². The largest absolute Gasteiger partial charge is 0.491 e. The number of carbonyl (C=O) groups excluding carboxylic acids is 2. The van der Waals surface area contributed by atoms with Gasteiger partial charge in [-0.05, 0) is 147 Å². The van der Waals surface area contributed by atoms with Crippen LogP contribution in [-0.2, 0) is 40.1 Å². The summed E-state index contributed by atoms with van der Waals surface area (Å²) < 4.78 is 46.8. The van der Waals surface area contributed by atoms with Crippen LogP contribution in [0.4, 0.5) is 9.59 Å². The first kappa shape index (κ1) is 51.2. The van der Waals surface area contributed by atoms with Crippen molar-refractivity contribution in [3.8, 4) is 17.2 Å². The number of ether oxygens (including phenoxy) is 8. The van der Waals surface area contributed by atoms with Gasteiger partial charge in [0, 0.05) is 22.9 Å². The van der Waals surface area contributed by atoms with Gasteiger partial charge >= 0.3 is 12.2 Å². The lowest BCUT2D eigenvalue weighted by molar-refractivity contribution is -0.0454. The summed E-state index contributed by atoms with van der Waals surface area (Å²) in [4.78, 5) is 30.1. The van der Waals surface area contributed by atoms with Gasteiger partial charge in [0.05, 0.1) is 38.5 Å². The second kappa shape index (κ2) is 21.9. The smallest absolute Gasteiger partial charge is 0.410 e. The van der Waals surface area contributed by atoms with Crippen LogP contribution < -0.4 is 14.2 Å². The summed E-state index contributed by atoms with van der Waals surface area (Å²) in [6, 6.07) is 34.2. The van der Waals surface area contributed by atoms with E-state index in [1.807, 2.05) is 46.2 Å². The Morgan fingerprint density at radius 1 is 0.466 bits per heavy atom. The molecular weight excluding hydrogens is 921 g/mol. The van der Waals surface area contributed by atoms with Gasteiger partial charge in [-0.2, -0.15) is 0 Å². The molecule has 0 bridgehead atoms. The van der Waals surface area contributed by atoms with Crippen LogP contribution in [-0.4, -0.2) is 111 Å². The fourth-order valence-corrected chi connectivity index (χ4v) is 11.7. The van der Waals surface area contributed by atoms with Gasteiger partial charge in [0.25, 0.3) is 0 Å². The number of nitrogens with zero attached hydrogens (tertiary/aromatic N) is 2. The molecule has 2 amide bonds. The highest BCUT2D eigenvalue weighted by Gasteiger charge is 2.41. The zero-order valence-corrected chi connectivity index (χ0v) is 44.1. The number of hydrogen-bond acceptors (Lipinski definition) is 10. The minimum atomic E-state index is -0.341. The summed E-state index contributed by atoms with van der Waals surface area (Å²) in [5.41, 5.74) is 5.25. The Morgan fingerprint density at radius 2 is 0.795 bits per heavy atom. The summed E-state index contributed by atoms with van der Waals surface area (Å²) in [5, 5.41) is 0. The molecule has 5 atom stereocenters. The van der Waals surface area contributed by atoms with Crippen LogP contribution in [0, 0.1) is 11.8 Å². The fraction of sp³-hybridized carbons (Fsp3) is 0.574. The van der Waals surface area contributed by atoms with Crippen molar-refractivity contribution in [1.29, 1.82) is 0 Å². The molecule has 0 N–H and O–H groups in total. The Hall–Kier alpha value is -5.30. The van der Waals surface area contributed by atoms with Crippen LogP contribution in [0.25, 0.3) is 0 Å². The molecule has 12 heteroatoms. The van der Waals surface area contributed by atoms with E-state index in [2.05, 4.69) is 102 Å². The van der Waals surface area contributed by atoms with E-state index in [0.717, 1.165) is 88.2 Å². The lowest BCUT2D eigenvalue weighted by Crippen LogP contribution is -2.40. The maximum absolute atomic E-state index is 13.1. The number of epoxide rings is 2. The third-order valence-electron chi connectivity index (χ3n) is 17.3. The molecule has 5 unspecified atom stereocenters. The van der Waals surface area contributed by atoms with Crippen LogP contribution >= 0.6 is 0 Å². The Morgan fingerprint density at radius 3 is 1.15 bits per heavy atom. The van der Waals surface area contributed by atoms with Crippen molar-refractivity contribution >= 4 is 12.2 Å². The molecule has 0 radical (unpaired) electrons. The molecule has 73 heavy (non-hydrogen) atoms. The van der Waals surface area contributed by atoms with Crippen molar-refractivity contribution in [2.24, 2.45) is 11.8 Å². The lowest BCUT2D eigenvalue weighted by atomic mass is 9.75. The molecule has 2 saturated carbocycles. The average Bonchev–Trinajstić information content (AvgIpc) is 4.36. The predicted molar refractivity (Wildman–Crippen MR) is 280 cm³/mol. The molecule has 2 aliphatic carbocycles. The molecule has 392 valence electrons. The molecular formula is C61H78N2O10. The number of benzene rings is 4. The standard InChI is InChI=1S/C61H78N2O10/c1-7-61(6,71-40-56-39-70-56)47-14-12-43(13-15-47)59(2,3)44-16-26-50(27-17-44)66-35-53-33-62(57(64)72-53)48-22-8-41(9-23-48)32-42-10-24-49(25-11-42)63-34-54(73-58(63)65)36-67-51-28-18-45(19-29-51)60(4,5)46-20-30-52(31-21-46)68-37-55-38-69-55/h12-21,26-31,41-42,48-49,53-56H,7-11,22-25,32-40H2,1-6H3. The first-order valence-corrected chi connectivity index (χ1v) is 27.3. The van der Waals surface area contributed by atoms with Gasteiger partial charge in [-0.1, -0.05) is 95.3 Å². The predicted octanol–water partition coefficient (Wildman–Crippen LogP) is 11.8. The van der Waals surface area contributed by atoms with Crippen molar-refractivity contribution < 1.29 is 47.5 Å². The molecule has 0 spiro atoms. The monoisotopic (exact) mass is 999 g/mol. The van der Waals surface area contributed by atoms with Crippen LogP contribution in [0.3, 0.4) is 0 Å². The first-order valence-electron chi connectivity index (χ1n) is 27.3. The maximum atomic E-state index is 13.1. The first-order chi connectivity index (χ1) is 35.2. The molecule has 6 aliphatic rings. The second-order valence-corrected chi connectivity index (χ2v) is 23.0. The molecule has 4 aromatic rings. The number of cyclic esters (lactones) is 2. The van der Waals surface area contributed by atoms with Crippen LogP contribution in [0.15, 0.2) is 97.1 Å². The quantitative estimate of drug-likeness (QED) is 0.0704. The Balaban J connectivity index is 0.610. The van der Waals surface area contributed by atoms with Crippen LogP contribution in [0.1, 0.15) is 134 Å². The highest BCUT2D eigenvalue weighted by molar-refractivity contribution is 5.71. The van der Waals surface area contributed by atoms with E-state index in [1.54, 1.807) is 0 Å². The molecule has 4 aromatic carbocycles. The molecule has 4 aliphatic heterocycles. The number of carbonyl (C=O) groups is 2. The number of rotatable bonds is 22. The summed E-state index contributed by atoms with van der Waals surface area (Å²) in [7, 11) is 0. The molecule has 6 fully saturated rings. The highest BCUT2D eigenvalue weighted by Crippen LogP contribution is 2.41. The Bertz CT molecular complexity index is 2450. The van der Waals surface area contributed by atoms with Gasteiger partial charge in [-0.3, -0.25) is 0 Å². The third kappa shape index (κ3) is 12.3. The number of amides is 2. The third-order valence-corrected chi connectivity index (χ3v) is 17.3. The lowest BCUT2D eigenvalue weighted by Gasteiger charge is -2.37. The minimum absolute atomic E-state index is 0.199. The van der Waals surface area contributed by atoms with E-state index in [0.29, 0.717) is 51.4 Å². The topological polar surface area (TPSA) is 121 Å². The van der Waals surface area contributed by atoms with E-state index < -0.39 is 0 Å². The summed E-state index contributed by atoms with van der Waals surface area (Å²) >= 11 is 0. The normalized spacial score (nSPS) is 27.0. The van der Waals surface area contributed by atoms with Crippen molar-refractivity contribution in [2.75, 3.05) is 52.7 Å². The maximum Gasteiger partial charge on any atom is 0.410 e. The van der Waals surface area contributed by atoms with E-state index >= 15 is 0 Å². The van der Waals surface area contributed by atoms with Crippen molar-refractivity contribution in [1.82, 2.24) is 9.80 Å². The van der Waals surface area contributed by atoms with Gasteiger partial charge in [0.1, 0.15) is 49.3 Å². The molecule has 4 heterocycles. The highest BCUT2D eigenvalue weighted by atomic mass is 16.6. The van der Waals surface area contributed by atoms with Gasteiger partial charge < -0.3 is 47.7 Å². The zero-order chi connectivity index (χ0) is 50.7. The van der Waals surface area contributed by atoms with E-state index in [1.165, 1.54) is 34.2 Å².